The second-order valence-corrected chi connectivity index (χ2v) is 5.24. The zero-order valence-electron chi connectivity index (χ0n) is 12.1. The smallest absolute Gasteiger partial charge is 0.169 e. The molecular formula is C16H21FO3. The number of carbonyl (C=O) groups is 1. The zero-order valence-corrected chi connectivity index (χ0v) is 12.1. The van der Waals surface area contributed by atoms with Gasteiger partial charge in [0.2, 0.25) is 0 Å². The predicted octanol–water partition coefficient (Wildman–Crippen LogP) is 4.00. The van der Waals surface area contributed by atoms with Crippen molar-refractivity contribution in [2.45, 2.75) is 38.5 Å². The number of benzene rings is 1. The predicted molar refractivity (Wildman–Crippen MR) is 75.0 cm³/mol. The summed E-state index contributed by atoms with van der Waals surface area (Å²) in [7, 11) is 2.93. The molecule has 0 radical (unpaired) electrons. The van der Waals surface area contributed by atoms with Gasteiger partial charge in [-0.25, -0.2) is 4.39 Å². The molecule has 2 rings (SSSR count). The van der Waals surface area contributed by atoms with E-state index in [1.54, 1.807) is 0 Å². The van der Waals surface area contributed by atoms with Crippen molar-refractivity contribution < 1.29 is 18.7 Å². The molecule has 1 aromatic carbocycles. The number of hydrogen-bond donors (Lipinski definition) is 0. The van der Waals surface area contributed by atoms with Crippen molar-refractivity contribution in [1.82, 2.24) is 0 Å². The number of rotatable bonds is 4. The molecule has 0 aliphatic heterocycles. The van der Waals surface area contributed by atoms with E-state index in [0.29, 0.717) is 11.5 Å². The van der Waals surface area contributed by atoms with E-state index in [0.717, 1.165) is 38.5 Å². The van der Waals surface area contributed by atoms with Crippen LogP contribution in [0.25, 0.3) is 0 Å². The van der Waals surface area contributed by atoms with Crippen LogP contribution in [0.3, 0.4) is 0 Å². The Balaban J connectivity index is 2.28. The van der Waals surface area contributed by atoms with Gasteiger partial charge in [-0.05, 0) is 18.9 Å². The maximum Gasteiger partial charge on any atom is 0.169 e. The summed E-state index contributed by atoms with van der Waals surface area (Å²) < 4.78 is 24.3. The van der Waals surface area contributed by atoms with Crippen LogP contribution in [0.2, 0.25) is 0 Å². The van der Waals surface area contributed by atoms with Crippen molar-refractivity contribution in [1.29, 1.82) is 0 Å². The van der Waals surface area contributed by atoms with E-state index in [1.165, 1.54) is 26.4 Å². The van der Waals surface area contributed by atoms with Crippen LogP contribution in [0.1, 0.15) is 48.9 Å². The first-order valence-electron chi connectivity index (χ1n) is 7.13. The first-order valence-corrected chi connectivity index (χ1v) is 7.13. The Morgan fingerprint density at radius 3 is 2.15 bits per heavy atom. The number of ether oxygens (including phenoxy) is 2. The fraction of sp³-hybridized carbons (Fsp3) is 0.562. The Kier molecular flexibility index (Phi) is 4.99. The summed E-state index contributed by atoms with van der Waals surface area (Å²) in [5.74, 6) is 0.000592. The van der Waals surface area contributed by atoms with Gasteiger partial charge < -0.3 is 9.47 Å². The van der Waals surface area contributed by atoms with Gasteiger partial charge >= 0.3 is 0 Å². The van der Waals surface area contributed by atoms with E-state index in [2.05, 4.69) is 0 Å². The summed E-state index contributed by atoms with van der Waals surface area (Å²) in [4.78, 5) is 12.5. The largest absolute Gasteiger partial charge is 0.493 e. The minimum Gasteiger partial charge on any atom is -0.493 e. The molecule has 0 spiro atoms. The van der Waals surface area contributed by atoms with Gasteiger partial charge in [-0.2, -0.15) is 0 Å². The van der Waals surface area contributed by atoms with Gasteiger partial charge in [-0.1, -0.05) is 25.7 Å². The molecule has 0 N–H and O–H groups in total. The van der Waals surface area contributed by atoms with E-state index in [-0.39, 0.29) is 17.3 Å². The van der Waals surface area contributed by atoms with Crippen molar-refractivity contribution in [3.05, 3.63) is 23.5 Å². The second kappa shape index (κ2) is 6.73. The fourth-order valence-corrected chi connectivity index (χ4v) is 2.80. The highest BCUT2D eigenvalue weighted by atomic mass is 19.1. The average Bonchev–Trinajstić information content (AvgIpc) is 2.75. The summed E-state index contributed by atoms with van der Waals surface area (Å²) >= 11 is 0. The van der Waals surface area contributed by atoms with Crippen LogP contribution in [0.15, 0.2) is 12.1 Å². The quantitative estimate of drug-likeness (QED) is 0.618. The van der Waals surface area contributed by atoms with E-state index in [4.69, 9.17) is 9.47 Å². The molecule has 0 aromatic heterocycles. The summed E-state index contributed by atoms with van der Waals surface area (Å²) in [5.41, 5.74) is 0.120. The zero-order chi connectivity index (χ0) is 14.5. The normalized spacial score (nSPS) is 16.6. The van der Waals surface area contributed by atoms with Gasteiger partial charge in [0.15, 0.2) is 17.3 Å². The molecule has 1 fully saturated rings. The van der Waals surface area contributed by atoms with E-state index in [9.17, 15) is 9.18 Å². The van der Waals surface area contributed by atoms with E-state index in [1.807, 2.05) is 0 Å². The van der Waals surface area contributed by atoms with E-state index < -0.39 is 5.82 Å². The highest BCUT2D eigenvalue weighted by molar-refractivity contribution is 5.98. The SMILES string of the molecule is COc1cc(F)c(C(=O)C2CCCCCC2)cc1OC. The molecule has 4 heteroatoms. The molecule has 1 saturated carbocycles. The number of ketones is 1. The van der Waals surface area contributed by atoms with Crippen LogP contribution < -0.4 is 9.47 Å². The van der Waals surface area contributed by atoms with Crippen molar-refractivity contribution in [2.75, 3.05) is 14.2 Å². The van der Waals surface area contributed by atoms with E-state index >= 15 is 0 Å². The lowest BCUT2D eigenvalue weighted by atomic mass is 9.90. The molecule has 0 bridgehead atoms. The monoisotopic (exact) mass is 280 g/mol. The number of carbonyl (C=O) groups excluding carboxylic acids is 1. The molecule has 20 heavy (non-hydrogen) atoms. The molecular weight excluding hydrogens is 259 g/mol. The number of halogens is 1. The molecule has 0 unspecified atom stereocenters. The summed E-state index contributed by atoms with van der Waals surface area (Å²) in [6, 6.07) is 2.68. The van der Waals surface area contributed by atoms with Crippen molar-refractivity contribution >= 4 is 5.78 Å². The highest BCUT2D eigenvalue weighted by Crippen LogP contribution is 2.33. The Labute approximate surface area is 119 Å². The van der Waals surface area contributed by atoms with Gasteiger partial charge in [0.25, 0.3) is 0 Å². The molecule has 110 valence electrons. The molecule has 1 aliphatic carbocycles. The third-order valence-electron chi connectivity index (χ3n) is 3.96. The van der Waals surface area contributed by atoms with Crippen LogP contribution in [-0.4, -0.2) is 20.0 Å². The molecule has 1 aliphatic rings. The molecule has 0 amide bonds. The third kappa shape index (κ3) is 3.11. The molecule has 0 atom stereocenters. The van der Waals surface area contributed by atoms with Gasteiger partial charge in [0.05, 0.1) is 19.8 Å². The minimum atomic E-state index is -0.531. The van der Waals surface area contributed by atoms with Crippen LogP contribution >= 0.6 is 0 Å². The number of Topliss-reactive ketones (excluding diaryl/α,β-unsaturated/α-hetero) is 1. The molecule has 1 aromatic rings. The fourth-order valence-electron chi connectivity index (χ4n) is 2.80. The lowest BCUT2D eigenvalue weighted by Crippen LogP contribution is -2.16. The first kappa shape index (κ1) is 14.8. The second-order valence-electron chi connectivity index (χ2n) is 5.24. The van der Waals surface area contributed by atoms with Crippen molar-refractivity contribution in [3.8, 4) is 11.5 Å². The third-order valence-corrected chi connectivity index (χ3v) is 3.96. The average molecular weight is 280 g/mol. The molecule has 0 saturated heterocycles. The number of hydrogen-bond acceptors (Lipinski definition) is 3. The topological polar surface area (TPSA) is 35.5 Å². The molecule has 0 heterocycles. The highest BCUT2D eigenvalue weighted by Gasteiger charge is 2.25. The van der Waals surface area contributed by atoms with Gasteiger partial charge in [-0.3, -0.25) is 4.79 Å². The summed E-state index contributed by atoms with van der Waals surface area (Å²) in [6.07, 6.45) is 6.13. The molecule has 3 nitrogen and oxygen atoms in total. The maximum absolute atomic E-state index is 14.1. The van der Waals surface area contributed by atoms with Crippen molar-refractivity contribution in [2.24, 2.45) is 5.92 Å². The van der Waals surface area contributed by atoms with Crippen molar-refractivity contribution in [3.63, 3.8) is 0 Å². The lowest BCUT2D eigenvalue weighted by Gasteiger charge is -2.15. The van der Waals surface area contributed by atoms with Crippen LogP contribution in [0, 0.1) is 11.7 Å². The van der Waals surface area contributed by atoms with Crippen LogP contribution in [-0.2, 0) is 0 Å². The Hall–Kier alpha value is -1.58. The Bertz CT molecular complexity index is 477. The van der Waals surface area contributed by atoms with Crippen LogP contribution in [0.5, 0.6) is 11.5 Å². The lowest BCUT2D eigenvalue weighted by molar-refractivity contribution is 0.0903. The standard InChI is InChI=1S/C16H21FO3/c1-19-14-9-12(13(17)10-15(14)20-2)16(18)11-7-5-3-4-6-8-11/h9-11H,3-8H2,1-2H3. The van der Waals surface area contributed by atoms with Gasteiger partial charge in [-0.15, -0.1) is 0 Å². The summed E-state index contributed by atoms with van der Waals surface area (Å²) in [5, 5.41) is 0. The van der Waals surface area contributed by atoms with Gasteiger partial charge in [0.1, 0.15) is 5.82 Å². The van der Waals surface area contributed by atoms with Gasteiger partial charge in [0, 0.05) is 12.0 Å². The van der Waals surface area contributed by atoms with Crippen LogP contribution in [0.4, 0.5) is 4.39 Å². The Morgan fingerprint density at radius 2 is 1.60 bits per heavy atom. The first-order chi connectivity index (χ1) is 9.67. The maximum atomic E-state index is 14.1. The number of methoxy groups -OCH3 is 2. The minimum absolute atomic E-state index is 0.0647. The summed E-state index contributed by atoms with van der Waals surface area (Å²) in [6.45, 7) is 0. The Morgan fingerprint density at radius 1 is 1.05 bits per heavy atom.